The number of rotatable bonds is 3. The van der Waals surface area contributed by atoms with Crippen molar-refractivity contribution in [3.05, 3.63) is 0 Å². The number of hydrogen-bond donors (Lipinski definition) is 1. The van der Waals surface area contributed by atoms with Crippen molar-refractivity contribution >= 4 is 0 Å². The van der Waals surface area contributed by atoms with Crippen molar-refractivity contribution < 1.29 is 5.11 Å². The van der Waals surface area contributed by atoms with E-state index in [9.17, 15) is 5.11 Å². The predicted molar refractivity (Wildman–Crippen MR) is 54.2 cm³/mol. The maximum Gasteiger partial charge on any atom is 0.0672 e. The average molecular weight is 172 g/mol. The minimum atomic E-state index is -0.474. The van der Waals surface area contributed by atoms with E-state index in [1.807, 2.05) is 0 Å². The van der Waals surface area contributed by atoms with Crippen LogP contribution in [0.1, 0.15) is 54.4 Å². The van der Waals surface area contributed by atoms with Gasteiger partial charge in [0.1, 0.15) is 0 Å². The topological polar surface area (TPSA) is 20.2 Å². The first-order valence-electron chi connectivity index (χ1n) is 4.93. The summed E-state index contributed by atoms with van der Waals surface area (Å²) in [5, 5.41) is 10.2. The monoisotopic (exact) mass is 172 g/mol. The first-order valence-corrected chi connectivity index (χ1v) is 4.93. The van der Waals surface area contributed by atoms with Crippen LogP contribution in [0.4, 0.5) is 0 Å². The Labute approximate surface area is 77.2 Å². The lowest BCUT2D eigenvalue weighted by atomic mass is 9.75. The van der Waals surface area contributed by atoms with E-state index >= 15 is 0 Å². The van der Waals surface area contributed by atoms with Crippen molar-refractivity contribution in [1.29, 1.82) is 0 Å². The van der Waals surface area contributed by atoms with Gasteiger partial charge in [0.15, 0.2) is 0 Å². The van der Waals surface area contributed by atoms with E-state index < -0.39 is 5.60 Å². The molecule has 1 N–H and O–H groups in total. The Kier molecular flexibility index (Phi) is 3.77. The van der Waals surface area contributed by atoms with Crippen LogP contribution in [-0.2, 0) is 0 Å². The van der Waals surface area contributed by atoms with Gasteiger partial charge in [-0.25, -0.2) is 0 Å². The van der Waals surface area contributed by atoms with Gasteiger partial charge in [-0.3, -0.25) is 0 Å². The molecule has 74 valence electrons. The van der Waals surface area contributed by atoms with Crippen molar-refractivity contribution in [2.24, 2.45) is 11.3 Å². The summed E-state index contributed by atoms with van der Waals surface area (Å²) in [5.41, 5.74) is -0.257. The lowest BCUT2D eigenvalue weighted by molar-refractivity contribution is -0.0413. The molecule has 0 bridgehead atoms. The first kappa shape index (κ1) is 12.0. The highest BCUT2D eigenvalue weighted by molar-refractivity contribution is 4.85. The molecule has 0 aliphatic heterocycles. The predicted octanol–water partition coefficient (Wildman–Crippen LogP) is 3.22. The maximum absolute atomic E-state index is 10.2. The van der Waals surface area contributed by atoms with Gasteiger partial charge in [-0.15, -0.1) is 0 Å². The van der Waals surface area contributed by atoms with Gasteiger partial charge in [-0.05, 0) is 24.2 Å². The van der Waals surface area contributed by atoms with Crippen LogP contribution in [0.15, 0.2) is 0 Å². The second-order valence-corrected chi connectivity index (χ2v) is 5.35. The van der Waals surface area contributed by atoms with Crippen LogP contribution >= 0.6 is 0 Å². The summed E-state index contributed by atoms with van der Waals surface area (Å²) >= 11 is 0. The molecule has 1 unspecified atom stereocenters. The molecular formula is C11H24O. The fourth-order valence-electron chi connectivity index (χ4n) is 1.66. The lowest BCUT2D eigenvalue weighted by Crippen LogP contribution is -2.38. The Hall–Kier alpha value is -0.0400. The quantitative estimate of drug-likeness (QED) is 0.693. The molecule has 0 rings (SSSR count). The van der Waals surface area contributed by atoms with Crippen molar-refractivity contribution in [1.82, 2.24) is 0 Å². The van der Waals surface area contributed by atoms with Crippen LogP contribution in [0.2, 0.25) is 0 Å². The fourth-order valence-corrected chi connectivity index (χ4v) is 1.66. The zero-order valence-corrected chi connectivity index (χ0v) is 9.44. The molecule has 0 aliphatic carbocycles. The SMILES string of the molecule is CCC(O)(CC(C)(C)C)C(C)C. The van der Waals surface area contributed by atoms with Gasteiger partial charge in [0.25, 0.3) is 0 Å². The van der Waals surface area contributed by atoms with E-state index in [1.165, 1.54) is 0 Å². The molecule has 12 heavy (non-hydrogen) atoms. The molecular weight excluding hydrogens is 148 g/mol. The lowest BCUT2D eigenvalue weighted by Gasteiger charge is -2.36. The molecule has 0 aromatic heterocycles. The Morgan fingerprint density at radius 3 is 1.67 bits per heavy atom. The third kappa shape index (κ3) is 3.57. The number of aliphatic hydroxyl groups is 1. The van der Waals surface area contributed by atoms with Crippen LogP contribution < -0.4 is 0 Å². The van der Waals surface area contributed by atoms with Crippen molar-refractivity contribution in [2.45, 2.75) is 60.0 Å². The summed E-state index contributed by atoms with van der Waals surface area (Å²) in [6, 6.07) is 0. The standard InChI is InChI=1S/C11H24O/c1-7-11(12,9(2)3)8-10(4,5)6/h9,12H,7-8H2,1-6H3. The van der Waals surface area contributed by atoms with Crippen LogP contribution in [-0.4, -0.2) is 10.7 Å². The molecule has 1 heteroatoms. The Balaban J connectivity index is 4.35. The fraction of sp³-hybridized carbons (Fsp3) is 1.00. The highest BCUT2D eigenvalue weighted by Gasteiger charge is 2.33. The molecule has 0 aromatic rings. The van der Waals surface area contributed by atoms with E-state index in [0.717, 1.165) is 12.8 Å². The molecule has 0 radical (unpaired) electrons. The molecule has 0 aromatic carbocycles. The van der Waals surface area contributed by atoms with Gasteiger partial charge in [0.2, 0.25) is 0 Å². The summed E-state index contributed by atoms with van der Waals surface area (Å²) in [7, 11) is 0. The molecule has 1 atom stereocenters. The van der Waals surface area contributed by atoms with E-state index in [0.29, 0.717) is 5.92 Å². The van der Waals surface area contributed by atoms with Gasteiger partial charge in [0.05, 0.1) is 5.60 Å². The summed E-state index contributed by atoms with van der Waals surface area (Å²) in [6.07, 6.45) is 1.73. The zero-order valence-electron chi connectivity index (χ0n) is 9.44. The maximum atomic E-state index is 10.2. The van der Waals surface area contributed by atoms with E-state index in [-0.39, 0.29) is 5.41 Å². The van der Waals surface area contributed by atoms with Crippen molar-refractivity contribution in [3.8, 4) is 0 Å². The third-order valence-electron chi connectivity index (χ3n) is 2.52. The molecule has 0 spiro atoms. The molecule has 0 heterocycles. The van der Waals surface area contributed by atoms with E-state index in [4.69, 9.17) is 0 Å². The minimum Gasteiger partial charge on any atom is -0.390 e. The highest BCUT2D eigenvalue weighted by Crippen LogP contribution is 2.34. The van der Waals surface area contributed by atoms with Gasteiger partial charge in [0, 0.05) is 0 Å². The smallest absolute Gasteiger partial charge is 0.0672 e. The van der Waals surface area contributed by atoms with Gasteiger partial charge in [-0.2, -0.15) is 0 Å². The van der Waals surface area contributed by atoms with Crippen LogP contribution in [0.5, 0.6) is 0 Å². The molecule has 0 fully saturated rings. The minimum absolute atomic E-state index is 0.217. The average Bonchev–Trinajstić information content (AvgIpc) is 1.83. The number of hydrogen-bond acceptors (Lipinski definition) is 1. The first-order chi connectivity index (χ1) is 5.21. The molecule has 0 amide bonds. The molecule has 0 saturated carbocycles. The van der Waals surface area contributed by atoms with Crippen LogP contribution in [0.3, 0.4) is 0 Å². The van der Waals surface area contributed by atoms with Gasteiger partial charge >= 0.3 is 0 Å². The summed E-state index contributed by atoms with van der Waals surface area (Å²) in [5.74, 6) is 0.349. The van der Waals surface area contributed by atoms with Crippen molar-refractivity contribution in [3.63, 3.8) is 0 Å². The largest absolute Gasteiger partial charge is 0.390 e. The van der Waals surface area contributed by atoms with Crippen molar-refractivity contribution in [2.75, 3.05) is 0 Å². The van der Waals surface area contributed by atoms with E-state index in [2.05, 4.69) is 41.5 Å². The highest BCUT2D eigenvalue weighted by atomic mass is 16.3. The molecule has 0 saturated heterocycles. The normalized spacial score (nSPS) is 18.0. The Bertz CT molecular complexity index is 132. The second kappa shape index (κ2) is 3.78. The Morgan fingerprint density at radius 1 is 1.17 bits per heavy atom. The van der Waals surface area contributed by atoms with Crippen LogP contribution in [0.25, 0.3) is 0 Å². The van der Waals surface area contributed by atoms with E-state index in [1.54, 1.807) is 0 Å². The van der Waals surface area contributed by atoms with Gasteiger partial charge < -0.3 is 5.11 Å². The summed E-state index contributed by atoms with van der Waals surface area (Å²) in [4.78, 5) is 0. The molecule has 1 nitrogen and oxygen atoms in total. The summed E-state index contributed by atoms with van der Waals surface area (Å²) < 4.78 is 0. The Morgan fingerprint density at radius 2 is 1.58 bits per heavy atom. The second-order valence-electron chi connectivity index (χ2n) is 5.35. The van der Waals surface area contributed by atoms with Gasteiger partial charge in [-0.1, -0.05) is 41.5 Å². The summed E-state index contributed by atoms with van der Waals surface area (Å²) in [6.45, 7) is 12.8. The third-order valence-corrected chi connectivity index (χ3v) is 2.52. The van der Waals surface area contributed by atoms with Crippen LogP contribution in [0, 0.1) is 11.3 Å². The molecule has 0 aliphatic rings. The zero-order chi connectivity index (χ0) is 9.99.